The van der Waals surface area contributed by atoms with Crippen molar-refractivity contribution in [3.8, 4) is 23.3 Å². The highest BCUT2D eigenvalue weighted by Gasteiger charge is 2.26. The Morgan fingerprint density at radius 3 is 2.36 bits per heavy atom. The summed E-state index contributed by atoms with van der Waals surface area (Å²) in [5.41, 5.74) is 2.13. The third kappa shape index (κ3) is 4.53. The maximum Gasteiger partial charge on any atom is 0.416 e. The van der Waals surface area contributed by atoms with Gasteiger partial charge in [-0.2, -0.15) is 0 Å². The molecule has 10 heteroatoms. The van der Waals surface area contributed by atoms with Crippen molar-refractivity contribution in [3.05, 3.63) is 46.0 Å². The number of aromatic hydroxyl groups is 2. The number of thiazole rings is 1. The molecule has 0 unspecified atom stereocenters. The van der Waals surface area contributed by atoms with Gasteiger partial charge >= 0.3 is 6.09 Å². The van der Waals surface area contributed by atoms with E-state index in [1.165, 1.54) is 10.8 Å². The van der Waals surface area contributed by atoms with Gasteiger partial charge in [-0.25, -0.2) is 19.3 Å². The summed E-state index contributed by atoms with van der Waals surface area (Å²) >= 11 is 1.67. The smallest absolute Gasteiger partial charge is 0.416 e. The molecule has 1 amide bonds. The fourth-order valence-corrected chi connectivity index (χ4v) is 5.13. The lowest BCUT2D eigenvalue weighted by molar-refractivity contribution is 0.110. The predicted molar refractivity (Wildman–Crippen MR) is 123 cm³/mol. The molecule has 0 spiro atoms. The first-order valence-electron chi connectivity index (χ1n) is 11.3. The molecule has 0 aromatic carbocycles. The maximum atomic E-state index is 12.6. The third-order valence-corrected chi connectivity index (χ3v) is 7.20. The van der Waals surface area contributed by atoms with E-state index in [0.717, 1.165) is 67.9 Å². The van der Waals surface area contributed by atoms with Crippen LogP contribution in [0.25, 0.3) is 5.69 Å². The molecular weight excluding hydrogens is 442 g/mol. The summed E-state index contributed by atoms with van der Waals surface area (Å²) in [5, 5.41) is 24.3. The number of nitrogens with zero attached hydrogens (tertiary/aromatic N) is 5. The van der Waals surface area contributed by atoms with Crippen molar-refractivity contribution < 1.29 is 19.7 Å². The molecule has 9 nitrogen and oxygen atoms in total. The van der Waals surface area contributed by atoms with Crippen LogP contribution in [0.15, 0.2) is 29.9 Å². The summed E-state index contributed by atoms with van der Waals surface area (Å²) in [7, 11) is 0. The van der Waals surface area contributed by atoms with E-state index in [1.807, 2.05) is 11.6 Å². The number of carbonyl (C=O) groups excluding carboxylic acids is 1. The Morgan fingerprint density at radius 1 is 1.03 bits per heavy atom. The number of ether oxygens (including phenoxy) is 1. The minimum absolute atomic E-state index is 0.0569. The average Bonchev–Trinajstić information content (AvgIpc) is 3.46. The van der Waals surface area contributed by atoms with Gasteiger partial charge in [-0.15, -0.1) is 11.3 Å². The van der Waals surface area contributed by atoms with Gasteiger partial charge in [0.15, 0.2) is 0 Å². The first-order chi connectivity index (χ1) is 16.1. The highest BCUT2D eigenvalue weighted by molar-refractivity contribution is 7.09. The number of pyridine rings is 1. The zero-order valence-corrected chi connectivity index (χ0v) is 19.1. The third-order valence-electron chi connectivity index (χ3n) is 6.36. The van der Waals surface area contributed by atoms with Gasteiger partial charge < -0.3 is 19.8 Å². The molecule has 0 atom stereocenters. The molecule has 33 heavy (non-hydrogen) atoms. The van der Waals surface area contributed by atoms with E-state index >= 15 is 0 Å². The van der Waals surface area contributed by atoms with Crippen molar-refractivity contribution in [1.82, 2.24) is 24.3 Å². The van der Waals surface area contributed by atoms with Crippen molar-refractivity contribution in [3.63, 3.8) is 0 Å². The Balaban J connectivity index is 1.17. The van der Waals surface area contributed by atoms with Crippen molar-refractivity contribution in [2.24, 2.45) is 0 Å². The topological polar surface area (TPSA) is 104 Å². The molecule has 5 rings (SSSR count). The number of amides is 1. The molecule has 3 aromatic heterocycles. The summed E-state index contributed by atoms with van der Waals surface area (Å²) in [6.45, 7) is 3.73. The minimum atomic E-state index is -0.419. The first kappa shape index (κ1) is 21.7. The second-order valence-corrected chi connectivity index (χ2v) is 9.35. The van der Waals surface area contributed by atoms with E-state index < -0.39 is 6.09 Å². The van der Waals surface area contributed by atoms with Crippen LogP contribution in [-0.2, 0) is 19.3 Å². The van der Waals surface area contributed by atoms with E-state index in [1.54, 1.807) is 28.4 Å². The fraction of sp³-hybridized carbons (Fsp3) is 0.435. The molecule has 3 aromatic rings. The molecule has 0 radical (unpaired) electrons. The Labute approximate surface area is 195 Å². The number of hydrogen-bond acceptors (Lipinski definition) is 8. The van der Waals surface area contributed by atoms with E-state index in [-0.39, 0.29) is 17.6 Å². The number of rotatable bonds is 5. The molecule has 0 bridgehead atoms. The lowest BCUT2D eigenvalue weighted by Gasteiger charge is -2.33. The van der Waals surface area contributed by atoms with Gasteiger partial charge in [0, 0.05) is 67.9 Å². The van der Waals surface area contributed by atoms with Gasteiger partial charge in [-0.3, -0.25) is 4.90 Å². The van der Waals surface area contributed by atoms with Crippen molar-refractivity contribution in [2.45, 2.75) is 32.1 Å². The van der Waals surface area contributed by atoms with E-state index in [2.05, 4.69) is 14.9 Å². The molecule has 2 aliphatic rings. The standard InChI is InChI=1S/C23H27N5O4S/c29-21-17-3-1-2-4-18(17)22(30)28(21)16-5-6-19(25-15-16)32-23(31)27-12-10-26(11-13-27)9-7-20-24-8-14-33-20/h5-6,8,14-15,29-30H,1-4,7,9-13H2. The molecule has 1 saturated heterocycles. The van der Waals surface area contributed by atoms with Crippen LogP contribution < -0.4 is 4.74 Å². The van der Waals surface area contributed by atoms with Crippen LogP contribution in [0.4, 0.5) is 4.79 Å². The number of hydrogen-bond donors (Lipinski definition) is 2. The van der Waals surface area contributed by atoms with Gasteiger partial charge in [0.1, 0.15) is 0 Å². The number of aromatic nitrogens is 3. The summed E-state index contributed by atoms with van der Waals surface area (Å²) in [5.74, 6) is 0.300. The molecule has 174 valence electrons. The Morgan fingerprint density at radius 2 is 1.76 bits per heavy atom. The number of carbonyl (C=O) groups is 1. The van der Waals surface area contributed by atoms with E-state index in [9.17, 15) is 15.0 Å². The van der Waals surface area contributed by atoms with Crippen LogP contribution >= 0.6 is 11.3 Å². The SMILES string of the molecule is O=C(Oc1ccc(-n2c(O)c3c(c2O)CCCC3)cn1)N1CCN(CCc2nccs2)CC1. The molecule has 1 fully saturated rings. The molecule has 0 saturated carbocycles. The summed E-state index contributed by atoms with van der Waals surface area (Å²) in [6, 6.07) is 3.26. The second-order valence-electron chi connectivity index (χ2n) is 8.37. The molecular formula is C23H27N5O4S. The zero-order chi connectivity index (χ0) is 22.8. The van der Waals surface area contributed by atoms with Crippen LogP contribution in [-0.4, -0.2) is 73.4 Å². The highest BCUT2D eigenvalue weighted by atomic mass is 32.1. The Bertz CT molecular complexity index is 1080. The largest absolute Gasteiger partial charge is 0.494 e. The highest BCUT2D eigenvalue weighted by Crippen LogP contribution is 2.40. The summed E-state index contributed by atoms with van der Waals surface area (Å²) in [6.07, 6.45) is 7.32. The van der Waals surface area contributed by atoms with E-state index in [0.29, 0.717) is 18.8 Å². The lowest BCUT2D eigenvalue weighted by Crippen LogP contribution is -2.49. The normalized spacial score (nSPS) is 16.5. The monoisotopic (exact) mass is 469 g/mol. The van der Waals surface area contributed by atoms with Crippen LogP contribution in [0, 0.1) is 0 Å². The van der Waals surface area contributed by atoms with Gasteiger partial charge in [-0.1, -0.05) is 0 Å². The maximum absolute atomic E-state index is 12.6. The van der Waals surface area contributed by atoms with Gasteiger partial charge in [0.2, 0.25) is 17.6 Å². The summed E-state index contributed by atoms with van der Waals surface area (Å²) in [4.78, 5) is 25.1. The molecule has 1 aliphatic heterocycles. The fourth-order valence-electron chi connectivity index (χ4n) is 4.52. The van der Waals surface area contributed by atoms with Gasteiger partial charge in [0.05, 0.1) is 16.9 Å². The lowest BCUT2D eigenvalue weighted by atomic mass is 9.95. The van der Waals surface area contributed by atoms with Crippen molar-refractivity contribution in [2.75, 3.05) is 32.7 Å². The van der Waals surface area contributed by atoms with Crippen LogP contribution in [0.5, 0.6) is 17.6 Å². The Kier molecular flexibility index (Phi) is 6.19. The summed E-state index contributed by atoms with van der Waals surface area (Å²) < 4.78 is 6.86. The van der Waals surface area contributed by atoms with Crippen molar-refractivity contribution >= 4 is 17.4 Å². The average molecular weight is 470 g/mol. The first-order valence-corrected chi connectivity index (χ1v) is 12.2. The molecule has 2 N–H and O–H groups in total. The van der Waals surface area contributed by atoms with Crippen LogP contribution in [0.1, 0.15) is 29.0 Å². The van der Waals surface area contributed by atoms with Crippen LogP contribution in [0.3, 0.4) is 0 Å². The van der Waals surface area contributed by atoms with Gasteiger partial charge in [-0.05, 0) is 31.7 Å². The Hall–Kier alpha value is -3.11. The van der Waals surface area contributed by atoms with Gasteiger partial charge in [0.25, 0.3) is 0 Å². The molecule has 4 heterocycles. The molecule has 1 aliphatic carbocycles. The van der Waals surface area contributed by atoms with E-state index in [4.69, 9.17) is 4.74 Å². The zero-order valence-electron chi connectivity index (χ0n) is 18.3. The quantitative estimate of drug-likeness (QED) is 0.592. The second kappa shape index (κ2) is 9.40. The minimum Gasteiger partial charge on any atom is -0.494 e. The predicted octanol–water partition coefficient (Wildman–Crippen LogP) is 2.98. The van der Waals surface area contributed by atoms with Crippen LogP contribution in [0.2, 0.25) is 0 Å². The van der Waals surface area contributed by atoms with Crippen molar-refractivity contribution in [1.29, 1.82) is 0 Å². The number of fused-ring (bicyclic) bond motifs is 1. The number of piperazine rings is 1.